The molecule has 4 nitrogen and oxygen atoms in total. The molecule has 3 unspecified atom stereocenters. The third kappa shape index (κ3) is 2.76. The fourth-order valence-corrected chi connectivity index (χ4v) is 5.14. The van der Waals surface area contributed by atoms with E-state index in [0.717, 1.165) is 32.1 Å². The summed E-state index contributed by atoms with van der Waals surface area (Å²) in [6.45, 7) is 1.55. The maximum atomic E-state index is 12.1. The highest BCUT2D eigenvalue weighted by atomic mass is 35.6. The number of halogens is 3. The fourth-order valence-electron chi connectivity index (χ4n) is 2.98. The van der Waals surface area contributed by atoms with Crippen LogP contribution in [0.5, 0.6) is 0 Å². The summed E-state index contributed by atoms with van der Waals surface area (Å²) in [5.41, 5.74) is -0.245. The van der Waals surface area contributed by atoms with Crippen LogP contribution in [0.25, 0.3) is 0 Å². The summed E-state index contributed by atoms with van der Waals surface area (Å²) in [4.78, 5) is 0. The van der Waals surface area contributed by atoms with E-state index in [0.29, 0.717) is 0 Å². The Morgan fingerprint density at radius 3 is 2.56 bits per heavy atom. The highest BCUT2D eigenvalue weighted by molar-refractivity contribution is 7.84. The van der Waals surface area contributed by atoms with Gasteiger partial charge in [0.15, 0.2) is 0 Å². The molecule has 0 aromatic carbocycles. The van der Waals surface area contributed by atoms with E-state index in [4.69, 9.17) is 39.0 Å². The Balaban J connectivity index is 2.08. The molecule has 2 fully saturated rings. The van der Waals surface area contributed by atoms with Crippen LogP contribution in [0, 0.1) is 0 Å². The number of rotatable bonds is 4. The number of alkyl halides is 3. The van der Waals surface area contributed by atoms with Crippen LogP contribution in [0.1, 0.15) is 39.0 Å². The van der Waals surface area contributed by atoms with E-state index < -0.39 is 20.7 Å². The van der Waals surface area contributed by atoms with Crippen molar-refractivity contribution in [2.24, 2.45) is 0 Å². The second kappa shape index (κ2) is 4.93. The van der Waals surface area contributed by atoms with Gasteiger partial charge in [-0.2, -0.15) is 12.7 Å². The van der Waals surface area contributed by atoms with Gasteiger partial charge in [-0.1, -0.05) is 54.6 Å². The highest BCUT2D eigenvalue weighted by Gasteiger charge is 2.67. The van der Waals surface area contributed by atoms with E-state index in [1.54, 1.807) is 0 Å². The van der Waals surface area contributed by atoms with Gasteiger partial charge >= 0.3 is 10.3 Å². The van der Waals surface area contributed by atoms with Crippen LogP contribution in [-0.4, -0.2) is 34.7 Å². The van der Waals surface area contributed by atoms with Crippen molar-refractivity contribution in [1.29, 1.82) is 0 Å². The molecule has 0 N–H and O–H groups in total. The Kier molecular flexibility index (Phi) is 4.15. The molecule has 1 saturated heterocycles. The summed E-state index contributed by atoms with van der Waals surface area (Å²) in [6.07, 6.45) is 4.70. The third-order valence-corrected chi connectivity index (χ3v) is 5.68. The minimum Gasteiger partial charge on any atom is -0.253 e. The topological polar surface area (TPSA) is 46.4 Å². The van der Waals surface area contributed by atoms with Gasteiger partial charge in [0.2, 0.25) is 3.79 Å². The summed E-state index contributed by atoms with van der Waals surface area (Å²) >= 11 is 16.5. The standard InChI is InChI=1S/C10H16Cl3NO3S/c1-2-9-6-4-3-5-8(9)14(9)18(15,16)17-7-10(11,12)13/h8H,2-7H2,1H3. The third-order valence-electron chi connectivity index (χ3n) is 3.84. The molecule has 1 aliphatic heterocycles. The normalized spacial score (nSPS) is 36.2. The van der Waals surface area contributed by atoms with Gasteiger partial charge in [0.05, 0.1) is 5.54 Å². The first-order valence-corrected chi connectivity index (χ1v) is 8.48. The highest BCUT2D eigenvalue weighted by Crippen LogP contribution is 2.55. The molecule has 106 valence electrons. The molecule has 1 aliphatic carbocycles. The molecule has 0 aromatic rings. The largest absolute Gasteiger partial charge is 0.339 e. The van der Waals surface area contributed by atoms with Gasteiger partial charge < -0.3 is 0 Å². The van der Waals surface area contributed by atoms with Crippen LogP contribution >= 0.6 is 34.8 Å². The first-order chi connectivity index (χ1) is 8.23. The van der Waals surface area contributed by atoms with Crippen LogP contribution < -0.4 is 0 Å². The summed E-state index contributed by atoms with van der Waals surface area (Å²) in [6, 6.07) is 0.0663. The second-order valence-corrected chi connectivity index (χ2v) is 8.85. The Morgan fingerprint density at radius 1 is 1.39 bits per heavy atom. The number of hydrogen-bond donors (Lipinski definition) is 0. The smallest absolute Gasteiger partial charge is 0.253 e. The maximum Gasteiger partial charge on any atom is 0.339 e. The van der Waals surface area contributed by atoms with E-state index in [2.05, 4.69) is 0 Å². The van der Waals surface area contributed by atoms with Crippen LogP contribution in [-0.2, 0) is 14.5 Å². The average Bonchev–Trinajstić information content (AvgIpc) is 2.96. The van der Waals surface area contributed by atoms with Crippen molar-refractivity contribution < 1.29 is 12.6 Å². The fraction of sp³-hybridized carbons (Fsp3) is 1.00. The van der Waals surface area contributed by atoms with Crippen molar-refractivity contribution in [3.05, 3.63) is 0 Å². The van der Waals surface area contributed by atoms with Crippen molar-refractivity contribution in [2.45, 2.75) is 54.4 Å². The van der Waals surface area contributed by atoms with Gasteiger partial charge in [-0.15, -0.1) is 0 Å². The van der Waals surface area contributed by atoms with Gasteiger partial charge in [0.1, 0.15) is 6.61 Å². The zero-order valence-electron chi connectivity index (χ0n) is 10.0. The minimum atomic E-state index is -3.79. The lowest BCUT2D eigenvalue weighted by atomic mass is 9.87. The Hall–Kier alpha value is 0.740. The predicted octanol–water partition coefficient (Wildman–Crippen LogP) is 3.03. The van der Waals surface area contributed by atoms with E-state index >= 15 is 0 Å². The van der Waals surface area contributed by atoms with E-state index in [9.17, 15) is 8.42 Å². The number of fused-ring (bicyclic) bond motifs is 1. The van der Waals surface area contributed by atoms with Crippen molar-refractivity contribution in [1.82, 2.24) is 4.31 Å². The summed E-state index contributed by atoms with van der Waals surface area (Å²) in [5.74, 6) is 0. The Morgan fingerprint density at radius 2 is 2.06 bits per heavy atom. The van der Waals surface area contributed by atoms with Crippen LogP contribution in [0.4, 0.5) is 0 Å². The lowest BCUT2D eigenvalue weighted by Gasteiger charge is -2.18. The SMILES string of the molecule is CCC12CCCCC1N2S(=O)(=O)OCC(Cl)(Cl)Cl. The lowest BCUT2D eigenvalue weighted by molar-refractivity contribution is 0.294. The van der Waals surface area contributed by atoms with Crippen molar-refractivity contribution >= 4 is 45.1 Å². The molecule has 3 atom stereocenters. The monoisotopic (exact) mass is 335 g/mol. The van der Waals surface area contributed by atoms with E-state index in [1.807, 2.05) is 6.92 Å². The molecule has 0 radical (unpaired) electrons. The van der Waals surface area contributed by atoms with Crippen LogP contribution in [0.2, 0.25) is 0 Å². The van der Waals surface area contributed by atoms with Gasteiger partial charge in [-0.3, -0.25) is 4.18 Å². The zero-order chi connectivity index (χ0) is 13.6. The average molecular weight is 337 g/mol. The summed E-state index contributed by atoms with van der Waals surface area (Å²) in [7, 11) is -3.79. The number of nitrogens with zero attached hydrogens (tertiary/aromatic N) is 1. The van der Waals surface area contributed by atoms with Gasteiger partial charge in [0.25, 0.3) is 0 Å². The quantitative estimate of drug-likeness (QED) is 0.585. The maximum absolute atomic E-state index is 12.1. The van der Waals surface area contributed by atoms with Crippen molar-refractivity contribution in [3.63, 3.8) is 0 Å². The predicted molar refractivity (Wildman–Crippen MR) is 72.3 cm³/mol. The molecule has 8 heteroatoms. The molecule has 2 aliphatic rings. The summed E-state index contributed by atoms with van der Waals surface area (Å²) in [5, 5.41) is 0. The van der Waals surface area contributed by atoms with Crippen LogP contribution in [0.15, 0.2) is 0 Å². The first-order valence-electron chi connectivity index (χ1n) is 5.98. The number of hydrogen-bond acceptors (Lipinski definition) is 3. The molecular formula is C10H16Cl3NO3S. The lowest BCUT2D eigenvalue weighted by Crippen LogP contribution is -2.27. The molecule has 0 bridgehead atoms. The van der Waals surface area contributed by atoms with Crippen LogP contribution in [0.3, 0.4) is 0 Å². The van der Waals surface area contributed by atoms with E-state index in [1.165, 1.54) is 4.31 Å². The molecule has 18 heavy (non-hydrogen) atoms. The molecule has 1 saturated carbocycles. The molecule has 2 rings (SSSR count). The Labute approximate surface area is 123 Å². The second-order valence-electron chi connectivity index (χ2n) is 4.85. The van der Waals surface area contributed by atoms with Crippen molar-refractivity contribution in [3.8, 4) is 0 Å². The summed E-state index contributed by atoms with van der Waals surface area (Å²) < 4.78 is 28.8. The molecule has 0 amide bonds. The zero-order valence-corrected chi connectivity index (χ0v) is 13.1. The van der Waals surface area contributed by atoms with Gasteiger partial charge in [-0.25, -0.2) is 0 Å². The minimum absolute atomic E-state index is 0.0663. The molecular weight excluding hydrogens is 321 g/mol. The molecule has 1 heterocycles. The first kappa shape index (κ1) is 15.1. The van der Waals surface area contributed by atoms with E-state index in [-0.39, 0.29) is 11.6 Å². The Bertz CT molecular complexity index is 423. The van der Waals surface area contributed by atoms with Crippen molar-refractivity contribution in [2.75, 3.05) is 6.61 Å². The molecule has 0 aromatic heterocycles. The molecule has 0 spiro atoms. The van der Waals surface area contributed by atoms with Gasteiger partial charge in [-0.05, 0) is 19.3 Å². The van der Waals surface area contributed by atoms with Gasteiger partial charge in [0, 0.05) is 6.04 Å².